The number of aryl methyl sites for hydroxylation is 1. The number of rotatable bonds is 5. The zero-order valence-corrected chi connectivity index (χ0v) is 11.9. The fourth-order valence-electron chi connectivity index (χ4n) is 2.56. The minimum absolute atomic E-state index is 0.324. The Kier molecular flexibility index (Phi) is 3.85. The zero-order valence-electron chi connectivity index (χ0n) is 11.9. The molecule has 0 bridgehead atoms. The molecule has 5 heteroatoms. The number of amides is 1. The lowest BCUT2D eigenvalue weighted by molar-refractivity contribution is -0.130. The summed E-state index contributed by atoms with van der Waals surface area (Å²) in [4.78, 5) is 14.0. The lowest BCUT2D eigenvalue weighted by Crippen LogP contribution is -2.29. The van der Waals surface area contributed by atoms with Gasteiger partial charge in [-0.2, -0.15) is 5.10 Å². The number of hydrogen-bond acceptors (Lipinski definition) is 4. The third-order valence-corrected chi connectivity index (χ3v) is 4.04. The minimum Gasteiger partial charge on any atom is -0.476 e. The molecule has 1 unspecified atom stereocenters. The summed E-state index contributed by atoms with van der Waals surface area (Å²) in [5.74, 6) is 1.98. The molecule has 20 heavy (non-hydrogen) atoms. The van der Waals surface area contributed by atoms with Crippen LogP contribution < -0.4 is 4.74 Å². The average Bonchev–Trinajstić information content (AvgIpc) is 3.13. The van der Waals surface area contributed by atoms with Crippen LogP contribution in [0.4, 0.5) is 0 Å². The molecule has 0 aromatic carbocycles. The number of hydrogen-bond donors (Lipinski definition) is 0. The van der Waals surface area contributed by atoms with E-state index in [-0.39, 0.29) is 0 Å². The van der Waals surface area contributed by atoms with E-state index in [1.807, 2.05) is 24.0 Å². The van der Waals surface area contributed by atoms with Crippen LogP contribution in [0.1, 0.15) is 31.4 Å². The van der Waals surface area contributed by atoms with Crippen molar-refractivity contribution in [2.24, 2.45) is 11.8 Å². The van der Waals surface area contributed by atoms with Gasteiger partial charge in [0.2, 0.25) is 11.8 Å². The molecule has 2 aliphatic rings. The van der Waals surface area contributed by atoms with Crippen molar-refractivity contribution in [1.82, 2.24) is 15.1 Å². The molecule has 3 rings (SSSR count). The molecule has 1 atom stereocenters. The molecule has 1 aliphatic carbocycles. The molecule has 1 aliphatic heterocycles. The summed E-state index contributed by atoms with van der Waals surface area (Å²) in [6, 6.07) is 3.73. The molecule has 1 aromatic rings. The van der Waals surface area contributed by atoms with Gasteiger partial charge in [-0.1, -0.05) is 0 Å². The molecular weight excluding hydrogens is 254 g/mol. The molecule has 1 amide bonds. The quantitative estimate of drug-likeness (QED) is 0.822. The van der Waals surface area contributed by atoms with Gasteiger partial charge in [-0.15, -0.1) is 5.10 Å². The van der Waals surface area contributed by atoms with Crippen LogP contribution >= 0.6 is 0 Å². The van der Waals surface area contributed by atoms with Crippen LogP contribution in [0.25, 0.3) is 0 Å². The molecule has 1 aromatic heterocycles. The lowest BCUT2D eigenvalue weighted by Gasteiger charge is -2.16. The van der Waals surface area contributed by atoms with E-state index in [9.17, 15) is 4.79 Å². The van der Waals surface area contributed by atoms with E-state index < -0.39 is 0 Å². The highest BCUT2D eigenvalue weighted by Crippen LogP contribution is 2.33. The first-order valence-corrected chi connectivity index (χ1v) is 7.41. The molecule has 2 heterocycles. The summed E-state index contributed by atoms with van der Waals surface area (Å²) in [5.41, 5.74) is 0.884. The molecular formula is C15H21N3O2. The predicted molar refractivity (Wildman–Crippen MR) is 74.3 cm³/mol. The number of aromatic nitrogens is 2. The fourth-order valence-corrected chi connectivity index (χ4v) is 2.56. The second-order valence-electron chi connectivity index (χ2n) is 5.97. The standard InChI is InChI=1S/C15H21N3O2/c1-11-2-5-14(17-16-11)20-10-13-6-7-18(9-13)15(19)8-12-3-4-12/h2,5,12-13H,3-4,6-10H2,1H3. The molecule has 5 nitrogen and oxygen atoms in total. The van der Waals surface area contributed by atoms with E-state index in [0.29, 0.717) is 30.2 Å². The van der Waals surface area contributed by atoms with Crippen LogP contribution in [0, 0.1) is 18.8 Å². The first kappa shape index (κ1) is 13.3. The maximum Gasteiger partial charge on any atom is 0.233 e. The summed E-state index contributed by atoms with van der Waals surface area (Å²) in [6.07, 6.45) is 4.24. The van der Waals surface area contributed by atoms with Crippen LogP contribution in [0.2, 0.25) is 0 Å². The van der Waals surface area contributed by atoms with E-state index in [0.717, 1.165) is 31.6 Å². The largest absolute Gasteiger partial charge is 0.476 e. The average molecular weight is 275 g/mol. The SMILES string of the molecule is Cc1ccc(OCC2CCN(C(=O)CC3CC3)C2)nn1. The Balaban J connectivity index is 1.43. The lowest BCUT2D eigenvalue weighted by atomic mass is 10.1. The number of likely N-dealkylation sites (tertiary alicyclic amines) is 1. The Morgan fingerprint density at radius 3 is 2.85 bits per heavy atom. The summed E-state index contributed by atoms with van der Waals surface area (Å²) in [7, 11) is 0. The van der Waals surface area contributed by atoms with E-state index in [2.05, 4.69) is 10.2 Å². The maximum absolute atomic E-state index is 12.0. The summed E-state index contributed by atoms with van der Waals surface area (Å²) in [6.45, 7) is 4.21. The van der Waals surface area contributed by atoms with Crippen LogP contribution in [0.15, 0.2) is 12.1 Å². The van der Waals surface area contributed by atoms with E-state index in [1.165, 1.54) is 12.8 Å². The third kappa shape index (κ3) is 3.46. The fraction of sp³-hybridized carbons (Fsp3) is 0.667. The van der Waals surface area contributed by atoms with Crippen LogP contribution in [-0.2, 0) is 4.79 Å². The molecule has 0 spiro atoms. The van der Waals surface area contributed by atoms with Gasteiger partial charge in [0.1, 0.15) is 0 Å². The van der Waals surface area contributed by atoms with E-state index in [1.54, 1.807) is 0 Å². The van der Waals surface area contributed by atoms with Gasteiger partial charge in [0, 0.05) is 31.5 Å². The molecule has 2 fully saturated rings. The van der Waals surface area contributed by atoms with Crippen molar-refractivity contribution in [3.63, 3.8) is 0 Å². The molecule has 0 radical (unpaired) electrons. The van der Waals surface area contributed by atoms with Gasteiger partial charge in [-0.05, 0) is 38.2 Å². The van der Waals surface area contributed by atoms with Gasteiger partial charge < -0.3 is 9.64 Å². The van der Waals surface area contributed by atoms with Gasteiger partial charge in [0.25, 0.3) is 0 Å². The van der Waals surface area contributed by atoms with Gasteiger partial charge >= 0.3 is 0 Å². The summed E-state index contributed by atoms with van der Waals surface area (Å²) >= 11 is 0. The summed E-state index contributed by atoms with van der Waals surface area (Å²) in [5, 5.41) is 7.96. The Bertz CT molecular complexity index is 471. The van der Waals surface area contributed by atoms with Crippen molar-refractivity contribution < 1.29 is 9.53 Å². The Morgan fingerprint density at radius 2 is 2.15 bits per heavy atom. The number of ether oxygens (including phenoxy) is 1. The third-order valence-electron chi connectivity index (χ3n) is 4.04. The Morgan fingerprint density at radius 1 is 1.30 bits per heavy atom. The minimum atomic E-state index is 0.324. The predicted octanol–water partition coefficient (Wildman–Crippen LogP) is 1.81. The Labute approximate surface area is 119 Å². The van der Waals surface area contributed by atoms with Crippen molar-refractivity contribution in [3.05, 3.63) is 17.8 Å². The number of carbonyl (C=O) groups is 1. The Hall–Kier alpha value is -1.65. The monoisotopic (exact) mass is 275 g/mol. The van der Waals surface area contributed by atoms with E-state index >= 15 is 0 Å². The highest BCUT2D eigenvalue weighted by molar-refractivity contribution is 5.77. The van der Waals surface area contributed by atoms with Gasteiger partial charge in [-0.3, -0.25) is 4.79 Å². The highest BCUT2D eigenvalue weighted by Gasteiger charge is 2.31. The highest BCUT2D eigenvalue weighted by atomic mass is 16.5. The number of carbonyl (C=O) groups excluding carboxylic acids is 1. The number of nitrogens with zero attached hydrogens (tertiary/aromatic N) is 3. The van der Waals surface area contributed by atoms with Crippen LogP contribution in [0.3, 0.4) is 0 Å². The smallest absolute Gasteiger partial charge is 0.233 e. The molecule has 1 saturated carbocycles. The van der Waals surface area contributed by atoms with Gasteiger partial charge in [0.05, 0.1) is 12.3 Å². The molecule has 108 valence electrons. The zero-order chi connectivity index (χ0) is 13.9. The first-order chi connectivity index (χ1) is 9.70. The first-order valence-electron chi connectivity index (χ1n) is 7.41. The van der Waals surface area contributed by atoms with Crippen molar-refractivity contribution in [3.8, 4) is 5.88 Å². The second-order valence-corrected chi connectivity index (χ2v) is 5.97. The second kappa shape index (κ2) is 5.77. The topological polar surface area (TPSA) is 55.3 Å². The molecule has 0 N–H and O–H groups in total. The van der Waals surface area contributed by atoms with Gasteiger partial charge in [0.15, 0.2) is 0 Å². The van der Waals surface area contributed by atoms with Crippen molar-refractivity contribution in [1.29, 1.82) is 0 Å². The molecule has 1 saturated heterocycles. The van der Waals surface area contributed by atoms with Crippen LogP contribution in [0.5, 0.6) is 5.88 Å². The van der Waals surface area contributed by atoms with Crippen LogP contribution in [-0.4, -0.2) is 40.7 Å². The van der Waals surface area contributed by atoms with Crippen molar-refractivity contribution in [2.75, 3.05) is 19.7 Å². The normalized spacial score (nSPS) is 22.1. The summed E-state index contributed by atoms with van der Waals surface area (Å²) < 4.78 is 5.65. The van der Waals surface area contributed by atoms with Crippen molar-refractivity contribution >= 4 is 5.91 Å². The maximum atomic E-state index is 12.0. The van der Waals surface area contributed by atoms with Crippen molar-refractivity contribution in [2.45, 2.75) is 32.6 Å². The van der Waals surface area contributed by atoms with Gasteiger partial charge in [-0.25, -0.2) is 0 Å². The van der Waals surface area contributed by atoms with E-state index in [4.69, 9.17) is 4.74 Å².